The molecule has 0 radical (unpaired) electrons. The summed E-state index contributed by atoms with van der Waals surface area (Å²) in [5.74, 6) is 0.865. The van der Waals surface area contributed by atoms with Gasteiger partial charge in [-0.2, -0.15) is 0 Å². The van der Waals surface area contributed by atoms with Crippen molar-refractivity contribution in [3.8, 4) is 0 Å². The first-order valence-electron chi connectivity index (χ1n) is 8.47. The van der Waals surface area contributed by atoms with Gasteiger partial charge in [-0.3, -0.25) is 0 Å². The monoisotopic (exact) mass is 352 g/mol. The van der Waals surface area contributed by atoms with Crippen LogP contribution >= 0.6 is 12.0 Å². The third-order valence-corrected chi connectivity index (χ3v) is 4.13. The van der Waals surface area contributed by atoms with Gasteiger partial charge in [-0.15, -0.1) is 0 Å². The average Bonchev–Trinajstić information content (AvgIpc) is 2.64. The van der Waals surface area contributed by atoms with E-state index in [0.717, 1.165) is 40.6 Å². The molecule has 1 aliphatic carbocycles. The Morgan fingerprint density at radius 1 is 1.17 bits per heavy atom. The van der Waals surface area contributed by atoms with Crippen LogP contribution in [0.3, 0.4) is 0 Å². The highest BCUT2D eigenvalue weighted by molar-refractivity contribution is 7.97. The summed E-state index contributed by atoms with van der Waals surface area (Å²) in [5.41, 5.74) is 12.0. The molecule has 0 atom stereocenters. The van der Waals surface area contributed by atoms with E-state index in [9.17, 15) is 0 Å². The zero-order valence-electron chi connectivity index (χ0n) is 15.6. The maximum Gasteiger partial charge on any atom is 0.0196 e. The SMILES string of the molecule is C=C/C=C(/C)C(=C)/C=C\C=C(/C)SO.CN.NCC1CCCCC1. The van der Waals surface area contributed by atoms with Crippen molar-refractivity contribution in [1.29, 1.82) is 0 Å². The number of nitrogens with two attached hydrogens (primary N) is 2. The van der Waals surface area contributed by atoms with Crippen molar-refractivity contribution in [3.63, 3.8) is 0 Å². The molecule has 0 aromatic rings. The lowest BCUT2D eigenvalue weighted by molar-refractivity contribution is 0.366. The summed E-state index contributed by atoms with van der Waals surface area (Å²) in [4.78, 5) is 0.847. The van der Waals surface area contributed by atoms with Gasteiger partial charge in [0.15, 0.2) is 0 Å². The molecule has 24 heavy (non-hydrogen) atoms. The van der Waals surface area contributed by atoms with Gasteiger partial charge in [0.1, 0.15) is 0 Å². The van der Waals surface area contributed by atoms with Gasteiger partial charge in [0.25, 0.3) is 0 Å². The molecule has 1 aliphatic rings. The molecule has 0 aromatic heterocycles. The molecule has 4 heteroatoms. The number of rotatable bonds is 6. The van der Waals surface area contributed by atoms with Crippen molar-refractivity contribution in [2.75, 3.05) is 13.6 Å². The molecular weight excluding hydrogens is 316 g/mol. The first kappa shape index (κ1) is 25.2. The topological polar surface area (TPSA) is 72.3 Å². The molecule has 3 nitrogen and oxygen atoms in total. The van der Waals surface area contributed by atoms with Gasteiger partial charge in [-0.1, -0.05) is 62.8 Å². The predicted octanol–water partition coefficient (Wildman–Crippen LogP) is 5.44. The van der Waals surface area contributed by atoms with Crippen LogP contribution in [0.1, 0.15) is 46.0 Å². The van der Waals surface area contributed by atoms with Crippen LogP contribution in [0.5, 0.6) is 0 Å². The van der Waals surface area contributed by atoms with E-state index in [-0.39, 0.29) is 0 Å². The molecule has 5 N–H and O–H groups in total. The second kappa shape index (κ2) is 18.3. The average molecular weight is 353 g/mol. The molecule has 0 saturated heterocycles. The Morgan fingerprint density at radius 3 is 2.17 bits per heavy atom. The molecule has 0 unspecified atom stereocenters. The largest absolute Gasteiger partial charge is 0.333 e. The Hall–Kier alpha value is -1.07. The lowest BCUT2D eigenvalue weighted by atomic mass is 9.90. The number of hydrogen-bond acceptors (Lipinski definition) is 4. The molecule has 0 amide bonds. The van der Waals surface area contributed by atoms with Crippen LogP contribution in [0.4, 0.5) is 0 Å². The zero-order chi connectivity index (χ0) is 18.8. The normalized spacial score (nSPS) is 15.9. The summed E-state index contributed by atoms with van der Waals surface area (Å²) in [6.45, 7) is 12.2. The summed E-state index contributed by atoms with van der Waals surface area (Å²) in [6, 6.07) is 0. The van der Waals surface area contributed by atoms with Crippen molar-refractivity contribution in [1.82, 2.24) is 0 Å². The minimum absolute atomic E-state index is 0.745. The van der Waals surface area contributed by atoms with E-state index < -0.39 is 0 Å². The highest BCUT2D eigenvalue weighted by atomic mass is 32.2. The second-order valence-corrected chi connectivity index (χ2v) is 6.40. The summed E-state index contributed by atoms with van der Waals surface area (Å²) in [6.07, 6.45) is 16.3. The second-order valence-electron chi connectivity index (χ2n) is 5.58. The molecular formula is C20H36N2OS. The van der Waals surface area contributed by atoms with Crippen molar-refractivity contribution in [3.05, 3.63) is 59.6 Å². The van der Waals surface area contributed by atoms with Crippen LogP contribution in [0.15, 0.2) is 59.6 Å². The fourth-order valence-corrected chi connectivity index (χ4v) is 2.31. The van der Waals surface area contributed by atoms with Crippen molar-refractivity contribution in [2.45, 2.75) is 46.0 Å². The van der Waals surface area contributed by atoms with Gasteiger partial charge in [0, 0.05) is 16.9 Å². The number of allylic oxidation sites excluding steroid dienone is 8. The Kier molecular flexibility index (Phi) is 19.2. The molecule has 0 aromatic carbocycles. The lowest BCUT2D eigenvalue weighted by Gasteiger charge is -2.18. The maximum absolute atomic E-state index is 8.66. The zero-order valence-corrected chi connectivity index (χ0v) is 16.4. The van der Waals surface area contributed by atoms with Crippen molar-refractivity contribution >= 4 is 12.0 Å². The van der Waals surface area contributed by atoms with E-state index in [0.29, 0.717) is 0 Å². The Balaban J connectivity index is 0. The summed E-state index contributed by atoms with van der Waals surface area (Å²) >= 11 is 0.745. The first-order chi connectivity index (χ1) is 11.5. The Labute approximate surface area is 153 Å². The Bertz CT molecular complexity index is 419. The van der Waals surface area contributed by atoms with Crippen molar-refractivity contribution in [2.24, 2.45) is 17.4 Å². The van der Waals surface area contributed by atoms with E-state index in [4.69, 9.17) is 10.3 Å². The van der Waals surface area contributed by atoms with E-state index in [2.05, 4.69) is 18.9 Å². The van der Waals surface area contributed by atoms with Gasteiger partial charge >= 0.3 is 0 Å². The van der Waals surface area contributed by atoms with Crippen molar-refractivity contribution < 1.29 is 4.55 Å². The molecule has 1 saturated carbocycles. The van der Waals surface area contributed by atoms with E-state index in [1.807, 2.05) is 38.2 Å². The molecule has 138 valence electrons. The molecule has 0 heterocycles. The molecule has 0 spiro atoms. The third kappa shape index (κ3) is 14.5. The Morgan fingerprint density at radius 2 is 1.75 bits per heavy atom. The van der Waals surface area contributed by atoms with E-state index in [1.54, 1.807) is 6.08 Å². The summed E-state index contributed by atoms with van der Waals surface area (Å²) < 4.78 is 8.66. The smallest absolute Gasteiger partial charge is 0.0196 e. The maximum atomic E-state index is 8.66. The minimum atomic E-state index is 0.745. The van der Waals surface area contributed by atoms with Crippen LogP contribution in [0, 0.1) is 5.92 Å². The lowest BCUT2D eigenvalue weighted by Crippen LogP contribution is -2.16. The quantitative estimate of drug-likeness (QED) is 0.439. The molecule has 0 bridgehead atoms. The van der Waals surface area contributed by atoms with Crippen LogP contribution in [-0.4, -0.2) is 18.1 Å². The molecule has 1 rings (SSSR count). The van der Waals surface area contributed by atoms with Gasteiger partial charge in [-0.25, -0.2) is 0 Å². The number of hydrogen-bond donors (Lipinski definition) is 3. The van der Waals surface area contributed by atoms with E-state index in [1.165, 1.54) is 39.2 Å². The fourth-order valence-electron chi connectivity index (χ4n) is 2.17. The van der Waals surface area contributed by atoms with Crippen LogP contribution in [0.25, 0.3) is 0 Å². The van der Waals surface area contributed by atoms with Crippen LogP contribution in [0.2, 0.25) is 0 Å². The minimum Gasteiger partial charge on any atom is -0.333 e. The summed E-state index contributed by atoms with van der Waals surface area (Å²) in [5, 5.41) is 0. The van der Waals surface area contributed by atoms with Gasteiger partial charge < -0.3 is 16.0 Å². The summed E-state index contributed by atoms with van der Waals surface area (Å²) in [7, 11) is 1.50. The van der Waals surface area contributed by atoms with Crippen LogP contribution in [-0.2, 0) is 0 Å². The highest BCUT2D eigenvalue weighted by Crippen LogP contribution is 2.21. The van der Waals surface area contributed by atoms with Gasteiger partial charge in [0.2, 0.25) is 0 Å². The van der Waals surface area contributed by atoms with Gasteiger partial charge in [0.05, 0.1) is 0 Å². The van der Waals surface area contributed by atoms with Gasteiger partial charge in [-0.05, 0) is 57.3 Å². The fraction of sp³-hybridized carbons (Fsp3) is 0.500. The van der Waals surface area contributed by atoms with Crippen LogP contribution < -0.4 is 11.5 Å². The first-order valence-corrected chi connectivity index (χ1v) is 9.25. The molecule has 0 aliphatic heterocycles. The molecule has 1 fully saturated rings. The standard InChI is InChI=1S/C12H16OS.C7H15N.CH5N/c1-5-7-10(2)11(3)8-6-9-12(4)14-13;8-6-7-4-2-1-3-5-7;1-2/h5-9,13H,1,3H2,2,4H3;7H,1-6,8H2;2H2,1H3/b8-6-,10-7-,12-9+;;. The third-order valence-electron chi connectivity index (χ3n) is 3.70. The highest BCUT2D eigenvalue weighted by Gasteiger charge is 2.09. The predicted molar refractivity (Wildman–Crippen MR) is 112 cm³/mol. The van der Waals surface area contributed by atoms with E-state index >= 15 is 0 Å².